The normalized spacial score (nSPS) is 12.8. The van der Waals surface area contributed by atoms with E-state index in [2.05, 4.69) is 49.9 Å². The van der Waals surface area contributed by atoms with Crippen LogP contribution in [0.3, 0.4) is 0 Å². The van der Waals surface area contributed by atoms with E-state index in [4.69, 9.17) is 4.74 Å². The highest BCUT2D eigenvalue weighted by Crippen LogP contribution is 2.28. The molecule has 11 heteroatoms. The summed E-state index contributed by atoms with van der Waals surface area (Å²) in [6.07, 6.45) is 3.38. The second-order valence-corrected chi connectivity index (χ2v) is 7.49. The van der Waals surface area contributed by atoms with Gasteiger partial charge in [-0.25, -0.2) is 9.97 Å². The number of rotatable bonds is 8. The highest BCUT2D eigenvalue weighted by atomic mass is 16.5. The number of carbonyl (C=O) groups is 2. The van der Waals surface area contributed by atoms with Crippen LogP contribution in [0.1, 0.15) is 42.7 Å². The fourth-order valence-corrected chi connectivity index (χ4v) is 3.32. The maximum atomic E-state index is 12.6. The number of ether oxygens (including phenoxy) is 1. The van der Waals surface area contributed by atoms with Gasteiger partial charge in [0.25, 0.3) is 11.8 Å². The van der Waals surface area contributed by atoms with Crippen molar-refractivity contribution in [1.29, 1.82) is 0 Å². The lowest BCUT2D eigenvalue weighted by atomic mass is 10.0. The first-order chi connectivity index (χ1) is 15.6. The summed E-state index contributed by atoms with van der Waals surface area (Å²) in [4.78, 5) is 33.9. The smallest absolute Gasteiger partial charge is 0.270 e. The Morgan fingerprint density at radius 3 is 2.91 bits per heavy atom. The van der Waals surface area contributed by atoms with Gasteiger partial charge in [0.1, 0.15) is 23.5 Å². The van der Waals surface area contributed by atoms with Crippen molar-refractivity contribution in [2.75, 3.05) is 11.9 Å². The van der Waals surface area contributed by atoms with Gasteiger partial charge in [-0.15, -0.1) is 10.2 Å². The molecule has 1 aromatic carbocycles. The van der Waals surface area contributed by atoms with Gasteiger partial charge in [-0.3, -0.25) is 9.59 Å². The van der Waals surface area contributed by atoms with Crippen LogP contribution in [0.15, 0.2) is 30.6 Å². The van der Waals surface area contributed by atoms with Crippen molar-refractivity contribution in [2.45, 2.75) is 39.8 Å². The standard InChI is InChI=1S/C21H24N8O3/c1-3-13(4-2)10-29-27-20(26-28-29)16-8-17(24-12-23-16)21(31)22-9-14-5-6-18-15(7-14)25-19(30)11-32-18/h5-8,12-13H,3-4,9-11H2,1-2H3,(H,22,31)(H,25,30). The van der Waals surface area contributed by atoms with Gasteiger partial charge in [-0.2, -0.15) is 4.80 Å². The molecule has 3 heterocycles. The lowest BCUT2D eigenvalue weighted by Gasteiger charge is -2.18. The second-order valence-electron chi connectivity index (χ2n) is 7.49. The number of aromatic nitrogens is 6. The molecule has 11 nitrogen and oxygen atoms in total. The predicted octanol–water partition coefficient (Wildman–Crippen LogP) is 1.83. The average Bonchev–Trinajstić information content (AvgIpc) is 3.29. The van der Waals surface area contributed by atoms with Gasteiger partial charge in [0.2, 0.25) is 5.82 Å². The summed E-state index contributed by atoms with van der Waals surface area (Å²) >= 11 is 0. The Morgan fingerprint density at radius 2 is 2.09 bits per heavy atom. The van der Waals surface area contributed by atoms with Crippen LogP contribution in [0.25, 0.3) is 11.5 Å². The van der Waals surface area contributed by atoms with E-state index in [-0.39, 0.29) is 30.7 Å². The minimum Gasteiger partial charge on any atom is -0.482 e. The number of fused-ring (bicyclic) bond motifs is 1. The number of amides is 2. The van der Waals surface area contributed by atoms with Crippen LogP contribution in [-0.2, 0) is 17.9 Å². The zero-order chi connectivity index (χ0) is 22.5. The van der Waals surface area contributed by atoms with Crippen molar-refractivity contribution in [3.63, 3.8) is 0 Å². The molecule has 2 aromatic heterocycles. The molecule has 0 fully saturated rings. The summed E-state index contributed by atoms with van der Waals surface area (Å²) in [5, 5.41) is 18.1. The molecule has 2 amide bonds. The largest absolute Gasteiger partial charge is 0.482 e. The molecule has 2 N–H and O–H groups in total. The quantitative estimate of drug-likeness (QED) is 0.546. The van der Waals surface area contributed by atoms with Crippen LogP contribution < -0.4 is 15.4 Å². The number of nitrogens with zero attached hydrogens (tertiary/aromatic N) is 6. The van der Waals surface area contributed by atoms with E-state index in [1.165, 1.54) is 12.4 Å². The number of tetrazole rings is 1. The number of benzene rings is 1. The van der Waals surface area contributed by atoms with Crippen LogP contribution >= 0.6 is 0 Å². The van der Waals surface area contributed by atoms with E-state index in [0.29, 0.717) is 35.4 Å². The van der Waals surface area contributed by atoms with Crippen molar-refractivity contribution >= 4 is 17.5 Å². The van der Waals surface area contributed by atoms with E-state index in [0.717, 1.165) is 18.4 Å². The first-order valence-corrected chi connectivity index (χ1v) is 10.5. The minimum absolute atomic E-state index is 0.000462. The van der Waals surface area contributed by atoms with Crippen molar-refractivity contribution in [3.05, 3.63) is 41.9 Å². The van der Waals surface area contributed by atoms with Gasteiger partial charge in [-0.05, 0) is 34.9 Å². The van der Waals surface area contributed by atoms with Crippen molar-refractivity contribution in [1.82, 2.24) is 35.5 Å². The van der Waals surface area contributed by atoms with Crippen molar-refractivity contribution < 1.29 is 14.3 Å². The molecule has 4 rings (SSSR count). The predicted molar refractivity (Wildman–Crippen MR) is 115 cm³/mol. The topological polar surface area (TPSA) is 137 Å². The third-order valence-electron chi connectivity index (χ3n) is 5.29. The van der Waals surface area contributed by atoms with Gasteiger partial charge in [0.15, 0.2) is 6.61 Å². The summed E-state index contributed by atoms with van der Waals surface area (Å²) in [7, 11) is 0. The minimum atomic E-state index is -0.365. The van der Waals surface area contributed by atoms with E-state index in [1.807, 2.05) is 6.07 Å². The highest BCUT2D eigenvalue weighted by Gasteiger charge is 2.17. The molecule has 0 aliphatic carbocycles. The second kappa shape index (κ2) is 9.50. The Hall–Kier alpha value is -3.89. The Morgan fingerprint density at radius 1 is 1.25 bits per heavy atom. The molecule has 0 spiro atoms. The number of anilines is 1. The van der Waals surface area contributed by atoms with Gasteiger partial charge < -0.3 is 15.4 Å². The summed E-state index contributed by atoms with van der Waals surface area (Å²) in [6.45, 7) is 5.21. The van der Waals surface area contributed by atoms with Crippen LogP contribution in [-0.4, -0.2) is 48.6 Å². The number of nitrogens with one attached hydrogen (secondary N) is 2. The Kier molecular flexibility index (Phi) is 6.34. The molecule has 3 aromatic rings. The van der Waals surface area contributed by atoms with Crippen LogP contribution in [0, 0.1) is 5.92 Å². The summed E-state index contributed by atoms with van der Waals surface area (Å²) < 4.78 is 5.34. The van der Waals surface area contributed by atoms with Gasteiger partial charge in [0, 0.05) is 6.54 Å². The summed E-state index contributed by atoms with van der Waals surface area (Å²) in [5.74, 6) is 0.851. The molecule has 32 heavy (non-hydrogen) atoms. The Balaban J connectivity index is 1.41. The van der Waals surface area contributed by atoms with E-state index in [1.54, 1.807) is 16.9 Å². The monoisotopic (exact) mass is 436 g/mol. The molecule has 0 bridgehead atoms. The Bertz CT molecular complexity index is 1130. The molecule has 166 valence electrons. The van der Waals surface area contributed by atoms with Gasteiger partial charge in [-0.1, -0.05) is 32.8 Å². The third-order valence-corrected chi connectivity index (χ3v) is 5.29. The van der Waals surface area contributed by atoms with E-state index >= 15 is 0 Å². The summed E-state index contributed by atoms with van der Waals surface area (Å²) in [5.41, 5.74) is 2.01. The average molecular weight is 436 g/mol. The first kappa shape index (κ1) is 21.3. The Labute approximate surface area is 184 Å². The fraction of sp³-hybridized carbons (Fsp3) is 0.381. The molecular formula is C21H24N8O3. The first-order valence-electron chi connectivity index (χ1n) is 10.5. The van der Waals surface area contributed by atoms with Crippen molar-refractivity contribution in [2.24, 2.45) is 5.92 Å². The molecule has 0 saturated carbocycles. The van der Waals surface area contributed by atoms with Crippen LogP contribution in [0.2, 0.25) is 0 Å². The highest BCUT2D eigenvalue weighted by molar-refractivity contribution is 5.95. The maximum Gasteiger partial charge on any atom is 0.270 e. The lowest BCUT2D eigenvalue weighted by molar-refractivity contribution is -0.118. The van der Waals surface area contributed by atoms with Gasteiger partial charge >= 0.3 is 0 Å². The maximum absolute atomic E-state index is 12.6. The molecule has 1 aliphatic rings. The van der Waals surface area contributed by atoms with E-state index in [9.17, 15) is 9.59 Å². The third kappa shape index (κ3) is 4.88. The number of carbonyl (C=O) groups excluding carboxylic acids is 2. The molecule has 0 atom stereocenters. The van der Waals surface area contributed by atoms with Crippen molar-refractivity contribution in [3.8, 4) is 17.3 Å². The fourth-order valence-electron chi connectivity index (χ4n) is 3.32. The molecule has 0 radical (unpaired) electrons. The molecular weight excluding hydrogens is 412 g/mol. The van der Waals surface area contributed by atoms with Gasteiger partial charge in [0.05, 0.1) is 12.2 Å². The zero-order valence-electron chi connectivity index (χ0n) is 17.9. The van der Waals surface area contributed by atoms with Crippen LogP contribution in [0.5, 0.6) is 5.75 Å². The van der Waals surface area contributed by atoms with Crippen LogP contribution in [0.4, 0.5) is 5.69 Å². The lowest BCUT2D eigenvalue weighted by Crippen LogP contribution is -2.26. The molecule has 0 saturated heterocycles. The SMILES string of the molecule is CCC(CC)Cn1nnc(-c2cc(C(=O)NCc3ccc4c(c3)NC(=O)CO4)ncn2)n1. The summed E-state index contributed by atoms with van der Waals surface area (Å²) in [6, 6.07) is 6.88. The number of hydrogen-bond acceptors (Lipinski definition) is 8. The molecule has 0 unspecified atom stereocenters. The van der Waals surface area contributed by atoms with E-state index < -0.39 is 0 Å². The number of hydrogen-bond donors (Lipinski definition) is 2. The zero-order valence-corrected chi connectivity index (χ0v) is 17.9. The molecule has 1 aliphatic heterocycles.